The third-order valence-corrected chi connectivity index (χ3v) is 4.38. The molecule has 0 amide bonds. The second kappa shape index (κ2) is 3.96. The zero-order valence-corrected chi connectivity index (χ0v) is 10.8. The van der Waals surface area contributed by atoms with Crippen molar-refractivity contribution in [3.8, 4) is 0 Å². The Morgan fingerprint density at radius 2 is 2.35 bits per heavy atom. The van der Waals surface area contributed by atoms with Gasteiger partial charge in [0.05, 0.1) is 18.1 Å². The fraction of sp³-hybridized carbons (Fsp3) is 0.462. The molecule has 2 aromatic rings. The molecule has 3 rings (SSSR count). The van der Waals surface area contributed by atoms with E-state index < -0.39 is 0 Å². The summed E-state index contributed by atoms with van der Waals surface area (Å²) in [7, 11) is 0. The number of nitrogens with one attached hydrogen (secondary N) is 1. The van der Waals surface area contributed by atoms with Crippen LogP contribution in [0.2, 0.25) is 0 Å². The van der Waals surface area contributed by atoms with Gasteiger partial charge in [-0.25, -0.2) is 0 Å². The van der Waals surface area contributed by atoms with Gasteiger partial charge in [0.15, 0.2) is 0 Å². The van der Waals surface area contributed by atoms with Gasteiger partial charge in [-0.05, 0) is 17.4 Å². The van der Waals surface area contributed by atoms with Gasteiger partial charge >= 0.3 is 0 Å². The van der Waals surface area contributed by atoms with Crippen molar-refractivity contribution in [2.75, 3.05) is 0 Å². The highest BCUT2D eigenvalue weighted by atomic mass is 32.1. The highest BCUT2D eigenvalue weighted by molar-refractivity contribution is 7.17. The summed E-state index contributed by atoms with van der Waals surface area (Å²) < 4.78 is 6.96. The van der Waals surface area contributed by atoms with Crippen LogP contribution >= 0.6 is 11.3 Å². The van der Waals surface area contributed by atoms with E-state index in [9.17, 15) is 4.79 Å². The first-order valence-electron chi connectivity index (χ1n) is 5.89. The highest BCUT2D eigenvalue weighted by Gasteiger charge is 2.24. The zero-order chi connectivity index (χ0) is 12.0. The number of aromatic nitrogens is 1. The van der Waals surface area contributed by atoms with Crippen molar-refractivity contribution in [1.29, 1.82) is 0 Å². The van der Waals surface area contributed by atoms with Gasteiger partial charge in [-0.2, -0.15) is 0 Å². The maximum Gasteiger partial charge on any atom is 0.256 e. The molecule has 1 unspecified atom stereocenters. The van der Waals surface area contributed by atoms with E-state index in [1.54, 1.807) is 11.3 Å². The summed E-state index contributed by atoms with van der Waals surface area (Å²) >= 11 is 1.63. The van der Waals surface area contributed by atoms with E-state index in [1.807, 2.05) is 11.4 Å². The number of pyridine rings is 1. The van der Waals surface area contributed by atoms with Gasteiger partial charge in [0.1, 0.15) is 0 Å². The Kier molecular flexibility index (Phi) is 2.56. The molecule has 4 heteroatoms. The lowest BCUT2D eigenvalue weighted by Gasteiger charge is -2.27. The number of rotatable bonds is 1. The summed E-state index contributed by atoms with van der Waals surface area (Å²) in [4.78, 5) is 14.9. The molecular weight excluding hydrogens is 234 g/mol. The largest absolute Gasteiger partial charge is 0.373 e. The summed E-state index contributed by atoms with van der Waals surface area (Å²) in [5, 5.41) is 2.76. The van der Waals surface area contributed by atoms with E-state index >= 15 is 0 Å². The van der Waals surface area contributed by atoms with Gasteiger partial charge in [-0.15, -0.1) is 11.3 Å². The van der Waals surface area contributed by atoms with E-state index in [0.717, 1.165) is 22.2 Å². The van der Waals surface area contributed by atoms with E-state index in [-0.39, 0.29) is 11.7 Å². The number of hydrogen-bond donors (Lipinski definition) is 1. The Balaban J connectivity index is 2.15. The first-order valence-corrected chi connectivity index (χ1v) is 6.77. The topological polar surface area (TPSA) is 42.1 Å². The second-order valence-corrected chi connectivity index (χ2v) is 5.79. The van der Waals surface area contributed by atoms with Crippen molar-refractivity contribution in [2.45, 2.75) is 33.0 Å². The Hall–Kier alpha value is -1.13. The van der Waals surface area contributed by atoms with Gasteiger partial charge in [0.2, 0.25) is 0 Å². The molecule has 0 aliphatic carbocycles. The number of thiophene rings is 1. The van der Waals surface area contributed by atoms with Crippen LogP contribution in [-0.2, 0) is 17.8 Å². The molecule has 2 aromatic heterocycles. The van der Waals surface area contributed by atoms with Gasteiger partial charge < -0.3 is 9.72 Å². The Bertz CT molecular complexity index is 611. The standard InChI is InChI=1S/C13H15NO2S/c1-7(2)11-5-10-9(6-16-11)12-8(3-4-17-12)13(15)14-10/h3-4,7,11H,5-6H2,1-2H3,(H,14,15). The first kappa shape index (κ1) is 11.0. The Morgan fingerprint density at radius 1 is 1.53 bits per heavy atom. The fourth-order valence-corrected chi connectivity index (χ4v) is 3.30. The van der Waals surface area contributed by atoms with Crippen molar-refractivity contribution in [3.63, 3.8) is 0 Å². The van der Waals surface area contributed by atoms with Gasteiger partial charge in [0, 0.05) is 22.4 Å². The maximum absolute atomic E-state index is 11.9. The van der Waals surface area contributed by atoms with Crippen molar-refractivity contribution in [3.05, 3.63) is 33.1 Å². The molecule has 0 spiro atoms. The minimum Gasteiger partial charge on any atom is -0.373 e. The van der Waals surface area contributed by atoms with Gasteiger partial charge in [-0.3, -0.25) is 4.79 Å². The SMILES string of the molecule is CC(C)C1Cc2[nH]c(=O)c3ccsc3c2CO1. The monoisotopic (exact) mass is 249 g/mol. The van der Waals surface area contributed by atoms with E-state index in [1.165, 1.54) is 5.56 Å². The molecule has 90 valence electrons. The summed E-state index contributed by atoms with van der Waals surface area (Å²) in [5.74, 6) is 0.477. The number of hydrogen-bond acceptors (Lipinski definition) is 3. The molecule has 1 atom stereocenters. The highest BCUT2D eigenvalue weighted by Crippen LogP contribution is 2.30. The normalized spacial score (nSPS) is 19.8. The van der Waals surface area contributed by atoms with Crippen molar-refractivity contribution in [1.82, 2.24) is 4.98 Å². The number of aromatic amines is 1. The second-order valence-electron chi connectivity index (χ2n) is 4.87. The molecule has 0 bridgehead atoms. The minimum absolute atomic E-state index is 0.0319. The van der Waals surface area contributed by atoms with Crippen LogP contribution in [0.15, 0.2) is 16.2 Å². The molecule has 1 aliphatic rings. The molecule has 3 nitrogen and oxygen atoms in total. The molecule has 0 fully saturated rings. The van der Waals surface area contributed by atoms with Crippen molar-refractivity contribution >= 4 is 21.4 Å². The van der Waals surface area contributed by atoms with Crippen molar-refractivity contribution in [2.24, 2.45) is 5.92 Å². The smallest absolute Gasteiger partial charge is 0.256 e. The maximum atomic E-state index is 11.9. The summed E-state index contributed by atoms with van der Waals surface area (Å²) in [6.07, 6.45) is 1.03. The quantitative estimate of drug-likeness (QED) is 0.844. The number of H-pyrrole nitrogens is 1. The summed E-state index contributed by atoms with van der Waals surface area (Å²) in [6.45, 7) is 4.92. The molecule has 1 N–H and O–H groups in total. The summed E-state index contributed by atoms with van der Waals surface area (Å²) in [6, 6.07) is 1.88. The van der Waals surface area contributed by atoms with Crippen LogP contribution in [0.3, 0.4) is 0 Å². The molecule has 0 radical (unpaired) electrons. The van der Waals surface area contributed by atoms with Crippen LogP contribution in [0.5, 0.6) is 0 Å². The predicted octanol–water partition coefficient (Wildman–Crippen LogP) is 2.69. The predicted molar refractivity (Wildman–Crippen MR) is 69.6 cm³/mol. The zero-order valence-electron chi connectivity index (χ0n) is 9.95. The van der Waals surface area contributed by atoms with Crippen LogP contribution in [0.25, 0.3) is 10.1 Å². The van der Waals surface area contributed by atoms with Crippen LogP contribution < -0.4 is 5.56 Å². The molecule has 17 heavy (non-hydrogen) atoms. The van der Waals surface area contributed by atoms with E-state index in [0.29, 0.717) is 12.5 Å². The third-order valence-electron chi connectivity index (χ3n) is 3.40. The van der Waals surface area contributed by atoms with Crippen LogP contribution in [0.4, 0.5) is 0 Å². The fourth-order valence-electron chi connectivity index (χ4n) is 2.34. The van der Waals surface area contributed by atoms with Crippen LogP contribution in [0, 0.1) is 5.92 Å². The molecule has 0 saturated heterocycles. The lowest BCUT2D eigenvalue weighted by atomic mass is 9.97. The molecular formula is C13H15NO2S. The molecule has 0 aromatic carbocycles. The summed E-state index contributed by atoms with van der Waals surface area (Å²) in [5.41, 5.74) is 2.27. The van der Waals surface area contributed by atoms with Gasteiger partial charge in [0.25, 0.3) is 5.56 Å². The average Bonchev–Trinajstić information content (AvgIpc) is 2.78. The Morgan fingerprint density at radius 3 is 3.12 bits per heavy atom. The third kappa shape index (κ3) is 1.72. The number of ether oxygens (including phenoxy) is 1. The molecule has 0 saturated carbocycles. The van der Waals surface area contributed by atoms with Gasteiger partial charge in [-0.1, -0.05) is 13.8 Å². The average molecular weight is 249 g/mol. The lowest BCUT2D eigenvalue weighted by Crippen LogP contribution is -2.29. The number of fused-ring (bicyclic) bond motifs is 3. The lowest BCUT2D eigenvalue weighted by molar-refractivity contribution is -0.000744. The van der Waals surface area contributed by atoms with Crippen LogP contribution in [-0.4, -0.2) is 11.1 Å². The van der Waals surface area contributed by atoms with Crippen LogP contribution in [0.1, 0.15) is 25.1 Å². The molecule has 3 heterocycles. The minimum atomic E-state index is 0.0319. The van der Waals surface area contributed by atoms with E-state index in [4.69, 9.17) is 4.74 Å². The van der Waals surface area contributed by atoms with E-state index in [2.05, 4.69) is 18.8 Å². The van der Waals surface area contributed by atoms with Crippen molar-refractivity contribution < 1.29 is 4.74 Å². The first-order chi connectivity index (χ1) is 8.16. The molecule has 1 aliphatic heterocycles. The Labute approximate surface area is 103 Å².